The fourth-order valence-corrected chi connectivity index (χ4v) is 13.1. The lowest BCUT2D eigenvalue weighted by molar-refractivity contribution is -0.118. The number of carbonyl (C=O) groups is 4. The highest BCUT2D eigenvalue weighted by Gasteiger charge is 2.53. The van der Waals surface area contributed by atoms with E-state index in [1.807, 2.05) is 135 Å². The van der Waals surface area contributed by atoms with Gasteiger partial charge >= 0.3 is 0 Å². The van der Waals surface area contributed by atoms with Crippen molar-refractivity contribution in [3.05, 3.63) is 131 Å². The average Bonchev–Trinajstić information content (AvgIpc) is 1.65. The number of benzene rings is 4. The number of nitrogens with one attached hydrogen (secondary N) is 6. The van der Waals surface area contributed by atoms with Crippen LogP contribution in [-0.4, -0.2) is 57.8 Å². The highest BCUT2D eigenvalue weighted by molar-refractivity contribution is 6.12. The van der Waals surface area contributed by atoms with Crippen LogP contribution in [0.15, 0.2) is 97.1 Å². The van der Waals surface area contributed by atoms with Crippen molar-refractivity contribution in [2.75, 3.05) is 35.5 Å². The molecule has 2 aliphatic heterocycles. The summed E-state index contributed by atoms with van der Waals surface area (Å²) < 4.78 is 12.4. The topological polar surface area (TPSA) is 192 Å². The molecular weight excluding hydrogens is 1070 g/mol. The predicted molar refractivity (Wildman–Crippen MR) is 345 cm³/mol. The minimum absolute atomic E-state index is 0.0974. The predicted octanol–water partition coefficient (Wildman–Crippen LogP) is 15.9. The first kappa shape index (κ1) is 56.1. The van der Waals surface area contributed by atoms with Crippen molar-refractivity contribution < 1.29 is 28.7 Å². The van der Waals surface area contributed by atoms with Crippen molar-refractivity contribution in [2.45, 2.75) is 94.9 Å². The zero-order valence-electron chi connectivity index (χ0n) is 51.0. The highest BCUT2D eigenvalue weighted by Crippen LogP contribution is 2.56. The first-order valence-electron chi connectivity index (χ1n) is 29.9. The molecule has 3 aromatic heterocycles. The van der Waals surface area contributed by atoms with E-state index in [0.29, 0.717) is 101 Å². The molecule has 6 aliphatic rings. The van der Waals surface area contributed by atoms with Crippen molar-refractivity contribution in [1.82, 2.24) is 19.9 Å². The van der Waals surface area contributed by atoms with Gasteiger partial charge in [0.2, 0.25) is 23.6 Å². The van der Waals surface area contributed by atoms with Gasteiger partial charge in [0, 0.05) is 90.2 Å². The van der Waals surface area contributed by atoms with Gasteiger partial charge in [0.1, 0.15) is 11.5 Å². The standard InChI is InChI=1S/C72H74N8O6/c1-37-17-13-23-55(85-11)57(37)59-47-25-29-51(73-47)63(61-43(77-65(81)39-33-69(39,3)4)19-15-20-44(61)78-66(82)40-34-70(40,5)6)53-31-27-49(75-53)60(58-38(2)18-14-24-56(58)86-12)50-28-32-54(76-50)64(52-30-26-48(59)74-52)62-45(79-67(83)41-35-71(41,7)8)21-16-22-46(62)80-68(84)42-36-72(42,9)10/h13-32,39-42,73,76H,33-36H2,1-12H3,(H,77,81)(H,78,82)(H,79,83)(H,80,84)/t39-,40-,41-,42-/m1/s1. The summed E-state index contributed by atoms with van der Waals surface area (Å²) in [5, 5.41) is 13.4. The van der Waals surface area contributed by atoms with Gasteiger partial charge in [-0.05, 0) is 157 Å². The number of hydrogen-bond acceptors (Lipinski definition) is 8. The number of methoxy groups -OCH3 is 2. The number of nitrogens with zero attached hydrogens (tertiary/aromatic N) is 2. The van der Waals surface area contributed by atoms with Gasteiger partial charge in [0.05, 0.1) is 59.7 Å². The molecule has 4 saturated carbocycles. The Balaban J connectivity index is 1.17. The second-order valence-electron chi connectivity index (χ2n) is 27.2. The lowest BCUT2D eigenvalue weighted by Gasteiger charge is -2.19. The number of hydrogen-bond donors (Lipinski definition) is 6. The van der Waals surface area contributed by atoms with E-state index in [0.717, 1.165) is 59.1 Å². The number of H-pyrrole nitrogens is 2. The summed E-state index contributed by atoms with van der Waals surface area (Å²) in [6, 6.07) is 31.3. The lowest BCUT2D eigenvalue weighted by Crippen LogP contribution is -2.19. The van der Waals surface area contributed by atoms with Gasteiger partial charge in [0.15, 0.2) is 0 Å². The van der Waals surface area contributed by atoms with E-state index >= 15 is 0 Å². The van der Waals surface area contributed by atoms with Gasteiger partial charge in [-0.15, -0.1) is 0 Å². The Hall–Kier alpha value is -9.04. The van der Waals surface area contributed by atoms with E-state index in [-0.39, 0.29) is 69.0 Å². The summed E-state index contributed by atoms with van der Waals surface area (Å²) in [5.41, 5.74) is 13.9. The zero-order valence-corrected chi connectivity index (χ0v) is 51.0. The van der Waals surface area contributed by atoms with Crippen molar-refractivity contribution in [1.29, 1.82) is 0 Å². The summed E-state index contributed by atoms with van der Waals surface area (Å²) in [5.74, 6) is 0.0851. The minimum Gasteiger partial charge on any atom is -0.496 e. The smallest absolute Gasteiger partial charge is 0.228 e. The molecule has 8 bridgehead atoms. The Morgan fingerprint density at radius 3 is 0.872 bits per heavy atom. The fourth-order valence-electron chi connectivity index (χ4n) is 13.1. The average molecular weight is 1150 g/mol. The molecule has 14 heteroatoms. The SMILES string of the molecule is COc1cccc(C)c1-c1c2nc(c(-c3c(NC(=O)[C@H]4CC4(C)C)cccc3NC(=O)[C@H]3CC3(C)C)c3ccc([nH]3)c(-c3c(C)cccc3OC)c3nc(c(-c4c(NC(=O)[C@H]5CC5(C)C)cccc4NC(=O)[C@H]4CC4(C)C)c4ccc1[nH]4)C=C3)C=C2. The zero-order chi connectivity index (χ0) is 60.5. The van der Waals surface area contributed by atoms with E-state index in [1.54, 1.807) is 14.2 Å². The number of ether oxygens (including phenoxy) is 2. The van der Waals surface area contributed by atoms with E-state index < -0.39 is 0 Å². The minimum atomic E-state index is -0.195. The second-order valence-corrected chi connectivity index (χ2v) is 27.2. The quantitative estimate of drug-likeness (QED) is 0.0619. The molecule has 4 atom stereocenters. The number of aromatic amines is 2. The number of anilines is 4. The number of fused-ring (bicyclic) bond motifs is 8. The summed E-state index contributed by atoms with van der Waals surface area (Å²) in [4.78, 5) is 76.6. The summed E-state index contributed by atoms with van der Waals surface area (Å²) in [6.07, 6.45) is 11.0. The van der Waals surface area contributed by atoms with Crippen LogP contribution in [0.4, 0.5) is 22.7 Å². The molecule has 4 aromatic carbocycles. The number of aryl methyl sites for hydroxylation is 2. The fraction of sp³-hybridized carbons (Fsp3) is 0.333. The Labute approximate surface area is 501 Å². The van der Waals surface area contributed by atoms with E-state index in [4.69, 9.17) is 19.4 Å². The van der Waals surface area contributed by atoms with Crippen molar-refractivity contribution in [3.63, 3.8) is 0 Å². The number of rotatable bonds is 14. The summed E-state index contributed by atoms with van der Waals surface area (Å²) >= 11 is 0. The van der Waals surface area contributed by atoms with Gasteiger partial charge < -0.3 is 40.7 Å². The van der Waals surface area contributed by atoms with Gasteiger partial charge in [0.25, 0.3) is 0 Å². The van der Waals surface area contributed by atoms with Crippen LogP contribution in [0.5, 0.6) is 11.5 Å². The molecule has 0 saturated heterocycles. The van der Waals surface area contributed by atoms with Crippen LogP contribution < -0.4 is 30.7 Å². The van der Waals surface area contributed by atoms with Gasteiger partial charge in [-0.1, -0.05) is 91.8 Å². The number of carbonyl (C=O) groups excluding carboxylic acids is 4. The molecule has 4 aliphatic carbocycles. The monoisotopic (exact) mass is 1150 g/mol. The molecule has 4 fully saturated rings. The van der Waals surface area contributed by atoms with Crippen LogP contribution >= 0.6 is 0 Å². The molecule has 7 aromatic rings. The van der Waals surface area contributed by atoms with Crippen LogP contribution in [-0.2, 0) is 19.2 Å². The molecule has 4 amide bonds. The molecule has 0 radical (unpaired) electrons. The maximum atomic E-state index is 14.4. The van der Waals surface area contributed by atoms with Crippen LogP contribution in [0.25, 0.3) is 90.9 Å². The van der Waals surface area contributed by atoms with Crippen molar-refractivity contribution in [3.8, 4) is 56.0 Å². The Morgan fingerprint density at radius 2 is 0.628 bits per heavy atom. The summed E-state index contributed by atoms with van der Waals surface area (Å²) in [6.45, 7) is 20.9. The first-order valence-corrected chi connectivity index (χ1v) is 29.9. The molecular formula is C72H74N8O6. The molecule has 438 valence electrons. The first-order chi connectivity index (χ1) is 41.0. The maximum absolute atomic E-state index is 14.4. The molecule has 0 spiro atoms. The third kappa shape index (κ3) is 9.95. The van der Waals surface area contributed by atoms with Crippen LogP contribution in [0.1, 0.15) is 115 Å². The third-order valence-corrected chi connectivity index (χ3v) is 19.1. The molecule has 0 unspecified atom stereocenters. The van der Waals surface area contributed by atoms with Gasteiger partial charge in [-0.2, -0.15) is 0 Å². The Kier molecular flexibility index (Phi) is 13.3. The van der Waals surface area contributed by atoms with Crippen LogP contribution in [0.2, 0.25) is 0 Å². The van der Waals surface area contributed by atoms with Crippen molar-refractivity contribution in [2.24, 2.45) is 45.3 Å². The van der Waals surface area contributed by atoms with Crippen molar-refractivity contribution >= 4 is 92.7 Å². The number of aromatic nitrogens is 4. The van der Waals surface area contributed by atoms with Gasteiger partial charge in [-0.25, -0.2) is 9.97 Å². The Morgan fingerprint density at radius 1 is 0.384 bits per heavy atom. The molecule has 6 N–H and O–H groups in total. The maximum Gasteiger partial charge on any atom is 0.228 e. The van der Waals surface area contributed by atoms with E-state index in [2.05, 4.69) is 86.6 Å². The molecule has 86 heavy (non-hydrogen) atoms. The van der Waals surface area contributed by atoms with E-state index in [1.165, 1.54) is 0 Å². The van der Waals surface area contributed by atoms with Crippen LogP contribution in [0.3, 0.4) is 0 Å². The number of amides is 4. The molecule has 14 nitrogen and oxygen atoms in total. The third-order valence-electron chi connectivity index (χ3n) is 19.1. The highest BCUT2D eigenvalue weighted by atomic mass is 16.5. The van der Waals surface area contributed by atoms with Crippen LogP contribution in [0, 0.1) is 59.2 Å². The van der Waals surface area contributed by atoms with E-state index in [9.17, 15) is 19.2 Å². The van der Waals surface area contributed by atoms with Gasteiger partial charge in [-0.3, -0.25) is 19.2 Å². The molecule has 5 heterocycles. The normalized spacial score (nSPS) is 20.1. The molecule has 13 rings (SSSR count). The largest absolute Gasteiger partial charge is 0.496 e. The Bertz CT molecular complexity index is 3940. The second kappa shape index (κ2) is 20.3. The summed E-state index contributed by atoms with van der Waals surface area (Å²) in [7, 11) is 3.32. The lowest BCUT2D eigenvalue weighted by atomic mass is 9.97.